The summed E-state index contributed by atoms with van der Waals surface area (Å²) >= 11 is 0. The van der Waals surface area contributed by atoms with Crippen LogP contribution in [0.2, 0.25) is 0 Å². The van der Waals surface area contributed by atoms with Crippen molar-refractivity contribution in [1.29, 1.82) is 0 Å². The zero-order valence-electron chi connectivity index (χ0n) is 16.0. The summed E-state index contributed by atoms with van der Waals surface area (Å²) in [4.78, 5) is 2.37. The van der Waals surface area contributed by atoms with Crippen molar-refractivity contribution >= 4 is 0 Å². The lowest BCUT2D eigenvalue weighted by Crippen LogP contribution is -2.39. The second-order valence-electron chi connectivity index (χ2n) is 7.05. The summed E-state index contributed by atoms with van der Waals surface area (Å²) in [6.07, 6.45) is 2.44. The van der Waals surface area contributed by atoms with E-state index in [1.165, 1.54) is 6.07 Å². The van der Waals surface area contributed by atoms with Gasteiger partial charge < -0.3 is 14.6 Å². The average molecular weight is 373 g/mol. The van der Waals surface area contributed by atoms with Crippen molar-refractivity contribution in [2.24, 2.45) is 5.92 Å². The molecule has 2 aromatic carbocycles. The molecule has 1 N–H and O–H groups in total. The Bertz CT molecular complexity index is 752. The van der Waals surface area contributed by atoms with Crippen LogP contribution in [0, 0.1) is 11.7 Å². The molecule has 4 nitrogen and oxygen atoms in total. The highest BCUT2D eigenvalue weighted by atomic mass is 19.1. The van der Waals surface area contributed by atoms with Gasteiger partial charge in [-0.15, -0.1) is 0 Å². The Hall–Kier alpha value is -2.11. The number of piperidine rings is 1. The van der Waals surface area contributed by atoms with E-state index in [2.05, 4.69) is 11.0 Å². The predicted octanol–water partition coefficient (Wildman–Crippen LogP) is 3.83. The monoisotopic (exact) mass is 373 g/mol. The summed E-state index contributed by atoms with van der Waals surface area (Å²) in [5.74, 6) is 1.54. The fourth-order valence-electron chi connectivity index (χ4n) is 3.98. The Kier molecular flexibility index (Phi) is 6.69. The molecule has 1 heterocycles. The molecule has 27 heavy (non-hydrogen) atoms. The predicted molar refractivity (Wildman–Crippen MR) is 104 cm³/mol. The second-order valence-corrected chi connectivity index (χ2v) is 7.05. The van der Waals surface area contributed by atoms with Crippen molar-refractivity contribution in [2.75, 3.05) is 33.9 Å². The van der Waals surface area contributed by atoms with Crippen molar-refractivity contribution in [3.05, 3.63) is 59.4 Å². The normalized spacial score (nSPS) is 20.4. The third kappa shape index (κ3) is 4.42. The van der Waals surface area contributed by atoms with Gasteiger partial charge in [0.25, 0.3) is 0 Å². The van der Waals surface area contributed by atoms with Crippen LogP contribution in [0.4, 0.5) is 4.39 Å². The molecule has 0 spiro atoms. The van der Waals surface area contributed by atoms with Crippen molar-refractivity contribution in [2.45, 2.75) is 25.3 Å². The maximum Gasteiger partial charge on any atom is 0.165 e. The van der Waals surface area contributed by atoms with Crippen LogP contribution in [-0.2, 0) is 6.42 Å². The third-order valence-electron chi connectivity index (χ3n) is 5.50. The highest BCUT2D eigenvalue weighted by Crippen LogP contribution is 2.42. The number of ether oxygens (including phenoxy) is 2. The van der Waals surface area contributed by atoms with E-state index < -0.39 is 0 Å². The van der Waals surface area contributed by atoms with Gasteiger partial charge >= 0.3 is 0 Å². The number of para-hydroxylation sites is 1. The summed E-state index contributed by atoms with van der Waals surface area (Å²) in [5, 5.41) is 9.69. The lowest BCUT2D eigenvalue weighted by Gasteiger charge is -2.40. The summed E-state index contributed by atoms with van der Waals surface area (Å²) in [5.41, 5.74) is 1.79. The number of rotatable bonds is 7. The molecule has 2 atom stereocenters. The highest BCUT2D eigenvalue weighted by molar-refractivity contribution is 5.48. The summed E-state index contributed by atoms with van der Waals surface area (Å²) in [6, 6.07) is 13.0. The SMILES string of the molecule is COc1cccc([C@H]2CC(CO)CCN2CCc2ccccc2F)c1OC. The standard InChI is InChI=1S/C22H28FNO3/c1-26-21-9-5-7-18(22(21)27-2)20-14-16(15-25)10-12-24(20)13-11-17-6-3-4-8-19(17)23/h3-9,16,20,25H,10-15H2,1-2H3/t16?,20-/m1/s1. The number of hydrogen-bond donors (Lipinski definition) is 1. The first-order valence-corrected chi connectivity index (χ1v) is 9.47. The van der Waals surface area contributed by atoms with Crippen LogP contribution in [0.1, 0.15) is 30.0 Å². The molecule has 1 aliphatic rings. The van der Waals surface area contributed by atoms with Crippen LogP contribution >= 0.6 is 0 Å². The van der Waals surface area contributed by atoms with E-state index in [4.69, 9.17) is 9.47 Å². The lowest BCUT2D eigenvalue weighted by molar-refractivity contribution is 0.0795. The van der Waals surface area contributed by atoms with E-state index in [-0.39, 0.29) is 24.4 Å². The molecule has 2 aromatic rings. The van der Waals surface area contributed by atoms with E-state index in [1.807, 2.05) is 24.3 Å². The van der Waals surface area contributed by atoms with Crippen LogP contribution in [0.25, 0.3) is 0 Å². The fourth-order valence-corrected chi connectivity index (χ4v) is 3.98. The molecule has 146 valence electrons. The van der Waals surface area contributed by atoms with Gasteiger partial charge in [-0.25, -0.2) is 4.39 Å². The first-order valence-electron chi connectivity index (χ1n) is 9.47. The number of halogens is 1. The van der Waals surface area contributed by atoms with Gasteiger partial charge in [-0.3, -0.25) is 4.90 Å². The molecule has 0 aromatic heterocycles. The molecule has 1 unspecified atom stereocenters. The largest absolute Gasteiger partial charge is 0.493 e. The first kappa shape index (κ1) is 19.6. The topological polar surface area (TPSA) is 41.9 Å². The molecule has 0 amide bonds. The molecule has 1 fully saturated rings. The Morgan fingerprint density at radius 1 is 1.11 bits per heavy atom. The van der Waals surface area contributed by atoms with E-state index >= 15 is 0 Å². The van der Waals surface area contributed by atoms with Crippen molar-refractivity contribution in [3.63, 3.8) is 0 Å². The smallest absolute Gasteiger partial charge is 0.165 e. The lowest BCUT2D eigenvalue weighted by atomic mass is 9.86. The number of aliphatic hydroxyl groups is 1. The van der Waals surface area contributed by atoms with E-state index in [9.17, 15) is 9.50 Å². The molecular weight excluding hydrogens is 345 g/mol. The Morgan fingerprint density at radius 3 is 2.63 bits per heavy atom. The minimum atomic E-state index is -0.154. The molecule has 0 saturated carbocycles. The number of likely N-dealkylation sites (tertiary alicyclic amines) is 1. The van der Waals surface area contributed by atoms with Gasteiger partial charge in [0, 0.05) is 24.8 Å². The van der Waals surface area contributed by atoms with E-state index in [0.717, 1.165) is 42.8 Å². The number of hydrogen-bond acceptors (Lipinski definition) is 4. The quantitative estimate of drug-likeness (QED) is 0.801. The summed E-state index contributed by atoms with van der Waals surface area (Å²) in [6.45, 7) is 1.80. The Labute approximate surface area is 160 Å². The maximum atomic E-state index is 14.0. The van der Waals surface area contributed by atoms with Crippen LogP contribution in [0.3, 0.4) is 0 Å². The van der Waals surface area contributed by atoms with Crippen molar-refractivity contribution in [1.82, 2.24) is 4.90 Å². The summed E-state index contributed by atoms with van der Waals surface area (Å²) < 4.78 is 25.1. The van der Waals surface area contributed by atoms with E-state index in [0.29, 0.717) is 12.2 Å². The minimum Gasteiger partial charge on any atom is -0.493 e. The van der Waals surface area contributed by atoms with Gasteiger partial charge in [0.2, 0.25) is 0 Å². The minimum absolute atomic E-state index is 0.104. The van der Waals surface area contributed by atoms with Gasteiger partial charge in [0.05, 0.1) is 14.2 Å². The first-order chi connectivity index (χ1) is 13.2. The fraction of sp³-hybridized carbons (Fsp3) is 0.455. The van der Waals surface area contributed by atoms with Crippen LogP contribution in [0.15, 0.2) is 42.5 Å². The van der Waals surface area contributed by atoms with E-state index in [1.54, 1.807) is 20.3 Å². The van der Waals surface area contributed by atoms with Crippen LogP contribution in [-0.4, -0.2) is 43.9 Å². The van der Waals surface area contributed by atoms with Crippen molar-refractivity contribution < 1.29 is 19.0 Å². The maximum absolute atomic E-state index is 14.0. The number of methoxy groups -OCH3 is 2. The average Bonchev–Trinajstić information content (AvgIpc) is 2.72. The molecule has 3 rings (SSSR count). The van der Waals surface area contributed by atoms with Crippen LogP contribution < -0.4 is 9.47 Å². The number of benzene rings is 2. The summed E-state index contributed by atoms with van der Waals surface area (Å²) in [7, 11) is 3.28. The molecule has 1 saturated heterocycles. The van der Waals surface area contributed by atoms with Gasteiger partial charge in [-0.05, 0) is 49.4 Å². The Balaban J connectivity index is 1.85. The zero-order chi connectivity index (χ0) is 19.2. The molecule has 1 aliphatic heterocycles. The molecule has 0 radical (unpaired) electrons. The van der Waals surface area contributed by atoms with Crippen LogP contribution in [0.5, 0.6) is 11.5 Å². The van der Waals surface area contributed by atoms with Gasteiger partial charge in [0.15, 0.2) is 11.5 Å². The van der Waals surface area contributed by atoms with Crippen molar-refractivity contribution in [3.8, 4) is 11.5 Å². The number of nitrogens with zero attached hydrogens (tertiary/aromatic N) is 1. The van der Waals surface area contributed by atoms with Gasteiger partial charge in [0.1, 0.15) is 5.82 Å². The molecular formula is C22H28FNO3. The number of aliphatic hydroxyl groups excluding tert-OH is 1. The molecule has 0 aliphatic carbocycles. The Morgan fingerprint density at radius 2 is 1.93 bits per heavy atom. The molecule has 5 heteroatoms. The molecule has 0 bridgehead atoms. The second kappa shape index (κ2) is 9.20. The third-order valence-corrected chi connectivity index (χ3v) is 5.50. The zero-order valence-corrected chi connectivity index (χ0v) is 16.0. The van der Waals surface area contributed by atoms with Gasteiger partial charge in [-0.1, -0.05) is 30.3 Å². The highest BCUT2D eigenvalue weighted by Gasteiger charge is 2.31. The van der Waals surface area contributed by atoms with Gasteiger partial charge in [-0.2, -0.15) is 0 Å².